The van der Waals surface area contributed by atoms with Gasteiger partial charge in [0.2, 0.25) is 5.78 Å². The first kappa shape index (κ1) is 19.6. The number of nitrogens with zero attached hydrogens (tertiary/aromatic N) is 1. The fourth-order valence-electron chi connectivity index (χ4n) is 2.24. The van der Waals surface area contributed by atoms with Crippen LogP contribution in [0.1, 0.15) is 15.9 Å². The number of benzene rings is 2. The molecule has 2 rings (SSSR count). The number of ether oxygens (including phenoxy) is 3. The van der Waals surface area contributed by atoms with Crippen LogP contribution in [-0.2, 0) is 9.53 Å². The van der Waals surface area contributed by atoms with E-state index >= 15 is 0 Å². The molecule has 0 saturated carbocycles. The van der Waals surface area contributed by atoms with Crippen molar-refractivity contribution in [2.45, 2.75) is 0 Å². The van der Waals surface area contributed by atoms with Crippen molar-refractivity contribution in [3.05, 3.63) is 69.8 Å². The average molecular weight is 371 g/mol. The number of nitro groups is 1. The second kappa shape index (κ2) is 9.14. The van der Waals surface area contributed by atoms with Crippen molar-refractivity contribution in [2.75, 3.05) is 20.8 Å². The summed E-state index contributed by atoms with van der Waals surface area (Å²) in [5.41, 5.74) is 0.358. The summed E-state index contributed by atoms with van der Waals surface area (Å²) in [4.78, 5) is 34.4. The van der Waals surface area contributed by atoms with Crippen molar-refractivity contribution >= 4 is 23.5 Å². The van der Waals surface area contributed by atoms with Gasteiger partial charge >= 0.3 is 5.97 Å². The van der Waals surface area contributed by atoms with Crippen LogP contribution in [0.15, 0.2) is 48.5 Å². The fourth-order valence-corrected chi connectivity index (χ4v) is 2.24. The van der Waals surface area contributed by atoms with Gasteiger partial charge in [-0.3, -0.25) is 14.9 Å². The van der Waals surface area contributed by atoms with Crippen LogP contribution in [0.25, 0.3) is 6.08 Å². The number of nitro benzene ring substituents is 1. The first-order valence-corrected chi connectivity index (χ1v) is 7.79. The van der Waals surface area contributed by atoms with E-state index in [1.165, 1.54) is 44.6 Å². The van der Waals surface area contributed by atoms with Gasteiger partial charge in [-0.25, -0.2) is 4.79 Å². The van der Waals surface area contributed by atoms with E-state index in [0.29, 0.717) is 11.5 Å². The molecule has 0 aliphatic rings. The third-order valence-electron chi connectivity index (χ3n) is 3.59. The summed E-state index contributed by atoms with van der Waals surface area (Å²) in [7, 11) is 2.90. The lowest BCUT2D eigenvalue weighted by molar-refractivity contribution is -0.385. The van der Waals surface area contributed by atoms with Gasteiger partial charge in [-0.15, -0.1) is 0 Å². The van der Waals surface area contributed by atoms with Gasteiger partial charge in [-0.1, -0.05) is 12.1 Å². The van der Waals surface area contributed by atoms with Gasteiger partial charge in [0.15, 0.2) is 6.61 Å². The molecule has 0 bridgehead atoms. The van der Waals surface area contributed by atoms with Crippen LogP contribution in [0, 0.1) is 10.1 Å². The standard InChI is InChI=1S/C19H17NO7/c1-25-14-8-9-15(18(11-14)26-2)17(21)12-27-19(22)10-7-13-5-3-4-6-16(13)20(23)24/h3-11H,12H2,1-2H3/b10-7+. The van der Waals surface area contributed by atoms with Crippen molar-refractivity contribution in [2.24, 2.45) is 0 Å². The van der Waals surface area contributed by atoms with Crippen molar-refractivity contribution in [3.8, 4) is 11.5 Å². The highest BCUT2D eigenvalue weighted by Gasteiger charge is 2.15. The van der Waals surface area contributed by atoms with Crippen molar-refractivity contribution in [3.63, 3.8) is 0 Å². The Labute approximate surface area is 155 Å². The van der Waals surface area contributed by atoms with Gasteiger partial charge in [-0.2, -0.15) is 0 Å². The predicted octanol–water partition coefficient (Wildman–Crippen LogP) is 3.05. The summed E-state index contributed by atoms with van der Waals surface area (Å²) in [6, 6.07) is 10.6. The van der Waals surface area contributed by atoms with Gasteiger partial charge in [-0.05, 0) is 24.3 Å². The predicted molar refractivity (Wildman–Crippen MR) is 97.0 cm³/mol. The number of carbonyl (C=O) groups is 2. The molecule has 0 N–H and O–H groups in total. The van der Waals surface area contributed by atoms with E-state index in [2.05, 4.69) is 0 Å². The van der Waals surface area contributed by atoms with E-state index in [4.69, 9.17) is 14.2 Å². The maximum absolute atomic E-state index is 12.2. The largest absolute Gasteiger partial charge is 0.497 e. The molecule has 0 fully saturated rings. The van der Waals surface area contributed by atoms with Gasteiger partial charge < -0.3 is 14.2 Å². The topological polar surface area (TPSA) is 105 Å². The molecule has 0 radical (unpaired) electrons. The van der Waals surface area contributed by atoms with Gasteiger partial charge in [0.25, 0.3) is 5.69 Å². The Morgan fingerprint density at radius 1 is 1.11 bits per heavy atom. The molecule has 8 heteroatoms. The zero-order valence-corrected chi connectivity index (χ0v) is 14.7. The molecule has 0 heterocycles. The summed E-state index contributed by atoms with van der Waals surface area (Å²) in [5.74, 6) is -0.436. The van der Waals surface area contributed by atoms with Crippen molar-refractivity contribution < 1.29 is 28.7 Å². The molecule has 0 atom stereocenters. The molecule has 8 nitrogen and oxygen atoms in total. The van der Waals surface area contributed by atoms with Crippen molar-refractivity contribution in [1.82, 2.24) is 0 Å². The molecular weight excluding hydrogens is 354 g/mol. The molecule has 2 aromatic carbocycles. The lowest BCUT2D eigenvalue weighted by Crippen LogP contribution is -2.13. The molecule has 140 valence electrons. The minimum absolute atomic E-state index is 0.138. The van der Waals surface area contributed by atoms with E-state index in [1.54, 1.807) is 18.2 Å². The van der Waals surface area contributed by atoms with Crippen molar-refractivity contribution in [1.29, 1.82) is 0 Å². The van der Waals surface area contributed by atoms with Crippen LogP contribution in [0.2, 0.25) is 0 Å². The summed E-state index contributed by atoms with van der Waals surface area (Å²) in [5, 5.41) is 10.9. The molecule has 0 unspecified atom stereocenters. The minimum atomic E-state index is -0.797. The third-order valence-corrected chi connectivity index (χ3v) is 3.59. The SMILES string of the molecule is COc1ccc(C(=O)COC(=O)/C=C/c2ccccc2[N+](=O)[O-])c(OC)c1. The molecule has 27 heavy (non-hydrogen) atoms. The molecule has 0 spiro atoms. The lowest BCUT2D eigenvalue weighted by atomic mass is 10.1. The van der Waals surface area contributed by atoms with Crippen LogP contribution in [0.4, 0.5) is 5.69 Å². The molecule has 0 saturated heterocycles. The lowest BCUT2D eigenvalue weighted by Gasteiger charge is -2.09. The van der Waals surface area contributed by atoms with Crippen LogP contribution >= 0.6 is 0 Å². The third kappa shape index (κ3) is 5.15. The Kier molecular flexibility index (Phi) is 6.65. The van der Waals surface area contributed by atoms with Gasteiger partial charge in [0, 0.05) is 18.2 Å². The van der Waals surface area contributed by atoms with E-state index in [-0.39, 0.29) is 16.8 Å². The highest BCUT2D eigenvalue weighted by atomic mass is 16.6. The second-order valence-corrected chi connectivity index (χ2v) is 5.25. The van der Waals surface area contributed by atoms with E-state index < -0.39 is 23.3 Å². The fraction of sp³-hybridized carbons (Fsp3) is 0.158. The molecule has 0 aliphatic heterocycles. The van der Waals surface area contributed by atoms with Crippen LogP contribution in [0.3, 0.4) is 0 Å². The van der Waals surface area contributed by atoms with Crippen LogP contribution < -0.4 is 9.47 Å². The molecular formula is C19H17NO7. The molecule has 0 aliphatic carbocycles. The first-order chi connectivity index (χ1) is 13.0. The zero-order chi connectivity index (χ0) is 19.8. The summed E-state index contributed by atoms with van der Waals surface area (Å²) < 4.78 is 15.1. The quantitative estimate of drug-likeness (QED) is 0.231. The molecule has 0 amide bonds. The number of hydrogen-bond donors (Lipinski definition) is 0. The Morgan fingerprint density at radius 2 is 1.85 bits per heavy atom. The Bertz CT molecular complexity index is 889. The average Bonchev–Trinajstić information content (AvgIpc) is 2.69. The summed E-state index contributed by atoms with van der Waals surface area (Å²) in [6.45, 7) is -0.497. The van der Waals surface area contributed by atoms with E-state index in [0.717, 1.165) is 6.08 Å². The van der Waals surface area contributed by atoms with Crippen LogP contribution in [0.5, 0.6) is 11.5 Å². The molecule has 0 aromatic heterocycles. The minimum Gasteiger partial charge on any atom is -0.497 e. The number of Topliss-reactive ketones (excluding diaryl/α,β-unsaturated/α-hetero) is 1. The first-order valence-electron chi connectivity index (χ1n) is 7.79. The highest BCUT2D eigenvalue weighted by Crippen LogP contribution is 2.25. The highest BCUT2D eigenvalue weighted by molar-refractivity contribution is 6.01. The van der Waals surface area contributed by atoms with Gasteiger partial charge in [0.05, 0.1) is 30.3 Å². The Balaban J connectivity index is 2.02. The monoisotopic (exact) mass is 371 g/mol. The number of methoxy groups -OCH3 is 2. The number of carbonyl (C=O) groups excluding carboxylic acids is 2. The smallest absolute Gasteiger partial charge is 0.331 e. The number of esters is 1. The number of hydrogen-bond acceptors (Lipinski definition) is 7. The Hall–Kier alpha value is -3.68. The molecule has 2 aromatic rings. The van der Waals surface area contributed by atoms with Crippen LogP contribution in [-0.4, -0.2) is 37.5 Å². The maximum atomic E-state index is 12.2. The maximum Gasteiger partial charge on any atom is 0.331 e. The summed E-state index contributed by atoms with van der Waals surface area (Å²) >= 11 is 0. The van der Waals surface area contributed by atoms with E-state index in [9.17, 15) is 19.7 Å². The van der Waals surface area contributed by atoms with Gasteiger partial charge in [0.1, 0.15) is 11.5 Å². The number of ketones is 1. The summed E-state index contributed by atoms with van der Waals surface area (Å²) in [6.07, 6.45) is 2.29. The number of rotatable bonds is 8. The normalized spacial score (nSPS) is 10.4. The second-order valence-electron chi connectivity index (χ2n) is 5.25. The Morgan fingerprint density at radius 3 is 2.52 bits per heavy atom. The zero-order valence-electron chi connectivity index (χ0n) is 14.7. The number of para-hydroxylation sites is 1. The van der Waals surface area contributed by atoms with E-state index in [1.807, 2.05) is 0 Å².